The lowest BCUT2D eigenvalue weighted by Gasteiger charge is -2.35. The molecule has 3 heterocycles. The van der Waals surface area contributed by atoms with Gasteiger partial charge in [0.1, 0.15) is 6.54 Å². The van der Waals surface area contributed by atoms with Gasteiger partial charge in [0.2, 0.25) is 11.8 Å². The van der Waals surface area contributed by atoms with Gasteiger partial charge in [-0.1, -0.05) is 18.2 Å². The Hall–Kier alpha value is -1.86. The molecule has 6 nitrogen and oxygen atoms in total. The average Bonchev–Trinajstić information content (AvgIpc) is 2.99. The van der Waals surface area contributed by atoms with Gasteiger partial charge >= 0.3 is 0 Å². The lowest BCUT2D eigenvalue weighted by molar-refractivity contribution is -0.143. The highest BCUT2D eigenvalue weighted by atomic mass is 79.9. The number of morpholine rings is 1. The molecule has 0 saturated carbocycles. The molecule has 2 aliphatic heterocycles. The zero-order valence-corrected chi connectivity index (χ0v) is 17.8. The molecular formula is C21H26BrN3O3. The van der Waals surface area contributed by atoms with E-state index in [9.17, 15) is 9.59 Å². The van der Waals surface area contributed by atoms with E-state index in [4.69, 9.17) is 4.74 Å². The van der Waals surface area contributed by atoms with E-state index >= 15 is 0 Å². The second-order valence-electron chi connectivity index (χ2n) is 7.60. The summed E-state index contributed by atoms with van der Waals surface area (Å²) >= 11 is 3.65. The van der Waals surface area contributed by atoms with Crippen LogP contribution in [0.3, 0.4) is 0 Å². The summed E-state index contributed by atoms with van der Waals surface area (Å²) in [4.78, 5) is 29.4. The lowest BCUT2D eigenvalue weighted by atomic mass is 9.95. The zero-order chi connectivity index (χ0) is 19.7. The smallest absolute Gasteiger partial charge is 0.242 e. The van der Waals surface area contributed by atoms with Crippen LogP contribution in [0.5, 0.6) is 0 Å². The maximum Gasteiger partial charge on any atom is 0.242 e. The average molecular weight is 448 g/mol. The van der Waals surface area contributed by atoms with Crippen molar-refractivity contribution in [3.63, 3.8) is 0 Å². The summed E-state index contributed by atoms with van der Waals surface area (Å²) in [6.07, 6.45) is 1.49. The van der Waals surface area contributed by atoms with Crippen LogP contribution in [-0.4, -0.2) is 65.6 Å². The number of amides is 2. The Morgan fingerprint density at radius 3 is 2.46 bits per heavy atom. The summed E-state index contributed by atoms with van der Waals surface area (Å²) in [6.45, 7) is 6.30. The Bertz CT molecular complexity index is 880. The minimum Gasteiger partial charge on any atom is -0.378 e. The van der Waals surface area contributed by atoms with Crippen LogP contribution in [0.15, 0.2) is 28.7 Å². The topological polar surface area (TPSA) is 54.8 Å². The number of para-hydroxylation sites is 1. The van der Waals surface area contributed by atoms with Gasteiger partial charge in [-0.2, -0.15) is 0 Å². The number of benzene rings is 1. The summed E-state index contributed by atoms with van der Waals surface area (Å²) in [5.41, 5.74) is 2.13. The van der Waals surface area contributed by atoms with Crippen LogP contribution in [0.25, 0.3) is 10.9 Å². The molecule has 0 unspecified atom stereocenters. The Morgan fingerprint density at radius 1 is 1.07 bits per heavy atom. The second-order valence-corrected chi connectivity index (χ2v) is 8.39. The van der Waals surface area contributed by atoms with Crippen LogP contribution >= 0.6 is 15.9 Å². The summed E-state index contributed by atoms with van der Waals surface area (Å²) in [7, 11) is 0. The van der Waals surface area contributed by atoms with Crippen molar-refractivity contribution in [2.45, 2.75) is 26.3 Å². The van der Waals surface area contributed by atoms with Gasteiger partial charge in [-0.3, -0.25) is 9.59 Å². The number of fused-ring (bicyclic) bond motifs is 1. The molecule has 0 atom stereocenters. The molecule has 2 aliphatic rings. The van der Waals surface area contributed by atoms with E-state index in [2.05, 4.69) is 26.6 Å². The first-order chi connectivity index (χ1) is 13.6. The van der Waals surface area contributed by atoms with Gasteiger partial charge in [0, 0.05) is 53.2 Å². The third kappa shape index (κ3) is 3.70. The number of hydrogen-bond donors (Lipinski definition) is 0. The molecule has 0 radical (unpaired) electrons. The Morgan fingerprint density at radius 2 is 1.75 bits per heavy atom. The number of halogens is 1. The van der Waals surface area contributed by atoms with Gasteiger partial charge in [-0.15, -0.1) is 0 Å². The Labute approximate surface area is 173 Å². The summed E-state index contributed by atoms with van der Waals surface area (Å²) < 4.78 is 8.45. The predicted molar refractivity (Wildman–Crippen MR) is 111 cm³/mol. The number of nitrogens with zero attached hydrogens (tertiary/aromatic N) is 3. The largest absolute Gasteiger partial charge is 0.378 e. The summed E-state index contributed by atoms with van der Waals surface area (Å²) in [5.74, 6) is 0.380. The fourth-order valence-corrected chi connectivity index (χ4v) is 4.79. The summed E-state index contributed by atoms with van der Waals surface area (Å²) in [6, 6.07) is 8.12. The highest BCUT2D eigenvalue weighted by Gasteiger charge is 2.31. The number of ether oxygens (including phenoxy) is 1. The summed E-state index contributed by atoms with van der Waals surface area (Å²) in [5, 5.41) is 1.13. The lowest BCUT2D eigenvalue weighted by Crippen LogP contribution is -2.48. The molecule has 0 N–H and O–H groups in total. The van der Waals surface area contributed by atoms with Crippen molar-refractivity contribution in [2.75, 3.05) is 39.4 Å². The monoisotopic (exact) mass is 447 g/mol. The maximum atomic E-state index is 12.9. The molecule has 0 spiro atoms. The van der Waals surface area contributed by atoms with Crippen molar-refractivity contribution < 1.29 is 14.3 Å². The SMILES string of the molecule is Cc1c(Br)c2ccccc2n1CC(=O)N1CCC(C(=O)N2CCOCC2)CC1. The van der Waals surface area contributed by atoms with Gasteiger partial charge in [-0.25, -0.2) is 0 Å². The van der Waals surface area contributed by atoms with Crippen LogP contribution in [0.4, 0.5) is 0 Å². The molecule has 7 heteroatoms. The normalized spacial score (nSPS) is 18.6. The molecule has 0 aliphatic carbocycles. The van der Waals surface area contributed by atoms with Crippen LogP contribution in [0, 0.1) is 12.8 Å². The first kappa shape index (κ1) is 19.5. The molecule has 1 aromatic carbocycles. The minimum atomic E-state index is 0.0328. The third-order valence-corrected chi connectivity index (χ3v) is 6.97. The number of likely N-dealkylation sites (tertiary alicyclic amines) is 1. The van der Waals surface area contributed by atoms with E-state index in [1.54, 1.807) is 0 Å². The van der Waals surface area contributed by atoms with Crippen LogP contribution in [0.1, 0.15) is 18.5 Å². The van der Waals surface area contributed by atoms with Crippen molar-refractivity contribution in [3.05, 3.63) is 34.4 Å². The molecule has 2 aromatic rings. The second kappa shape index (κ2) is 8.25. The maximum absolute atomic E-state index is 12.9. The number of carbonyl (C=O) groups excluding carboxylic acids is 2. The van der Waals surface area contributed by atoms with Crippen molar-refractivity contribution in [2.24, 2.45) is 5.92 Å². The Balaban J connectivity index is 1.38. The number of hydrogen-bond acceptors (Lipinski definition) is 3. The third-order valence-electron chi connectivity index (χ3n) is 5.97. The molecule has 4 rings (SSSR count). The van der Waals surface area contributed by atoms with Gasteiger partial charge in [0.05, 0.1) is 13.2 Å². The zero-order valence-electron chi connectivity index (χ0n) is 16.2. The number of carbonyl (C=O) groups is 2. The van der Waals surface area contributed by atoms with Gasteiger partial charge in [0.25, 0.3) is 0 Å². The van der Waals surface area contributed by atoms with E-state index in [0.29, 0.717) is 45.9 Å². The highest BCUT2D eigenvalue weighted by molar-refractivity contribution is 9.10. The van der Waals surface area contributed by atoms with E-state index in [0.717, 1.165) is 33.9 Å². The van der Waals surface area contributed by atoms with Crippen molar-refractivity contribution in [3.8, 4) is 0 Å². The first-order valence-electron chi connectivity index (χ1n) is 9.94. The van der Waals surface area contributed by atoms with Crippen molar-refractivity contribution in [1.82, 2.24) is 14.4 Å². The Kier molecular flexibility index (Phi) is 5.73. The molecular weight excluding hydrogens is 422 g/mol. The molecule has 150 valence electrons. The molecule has 2 amide bonds. The first-order valence-corrected chi connectivity index (χ1v) is 10.7. The van der Waals surface area contributed by atoms with E-state index in [-0.39, 0.29) is 17.7 Å². The highest BCUT2D eigenvalue weighted by Crippen LogP contribution is 2.30. The molecule has 2 fully saturated rings. The van der Waals surface area contributed by atoms with Crippen LogP contribution in [0.2, 0.25) is 0 Å². The van der Waals surface area contributed by atoms with Crippen molar-refractivity contribution >= 4 is 38.6 Å². The van der Waals surface area contributed by atoms with E-state index in [1.807, 2.05) is 34.9 Å². The number of rotatable bonds is 3. The minimum absolute atomic E-state index is 0.0328. The quantitative estimate of drug-likeness (QED) is 0.726. The number of aromatic nitrogens is 1. The molecule has 2 saturated heterocycles. The molecule has 1 aromatic heterocycles. The van der Waals surface area contributed by atoms with Gasteiger partial charge < -0.3 is 19.1 Å². The fourth-order valence-electron chi connectivity index (χ4n) is 4.25. The molecule has 0 bridgehead atoms. The van der Waals surface area contributed by atoms with Crippen LogP contribution < -0.4 is 0 Å². The van der Waals surface area contributed by atoms with E-state index < -0.39 is 0 Å². The predicted octanol–water partition coefficient (Wildman–Crippen LogP) is 2.81. The van der Waals surface area contributed by atoms with Crippen molar-refractivity contribution in [1.29, 1.82) is 0 Å². The van der Waals surface area contributed by atoms with Gasteiger partial charge in [-0.05, 0) is 41.8 Å². The van der Waals surface area contributed by atoms with Crippen LogP contribution in [-0.2, 0) is 20.9 Å². The van der Waals surface area contributed by atoms with E-state index in [1.165, 1.54) is 0 Å². The fraction of sp³-hybridized carbons (Fsp3) is 0.524. The number of piperidine rings is 1. The van der Waals surface area contributed by atoms with Gasteiger partial charge in [0.15, 0.2) is 0 Å². The molecule has 28 heavy (non-hydrogen) atoms. The standard InChI is InChI=1S/C21H26BrN3O3/c1-15-20(22)17-4-2-3-5-18(17)25(15)14-19(26)23-8-6-16(7-9-23)21(27)24-10-12-28-13-11-24/h2-5,16H,6-14H2,1H3.